The number of aliphatic hydroxyl groups excluding tert-OH is 1. The van der Waals surface area contributed by atoms with Crippen LogP contribution in [0.4, 0.5) is 5.69 Å². The van der Waals surface area contributed by atoms with Gasteiger partial charge in [-0.2, -0.15) is 0 Å². The monoisotopic (exact) mass is 248 g/mol. The van der Waals surface area contributed by atoms with Crippen LogP contribution in [-0.4, -0.2) is 31.3 Å². The number of hydrogen-bond acceptors (Lipinski definition) is 3. The number of anilines is 1. The van der Waals surface area contributed by atoms with Crippen molar-refractivity contribution in [1.82, 2.24) is 5.32 Å². The van der Waals surface area contributed by atoms with Crippen LogP contribution in [0.15, 0.2) is 24.3 Å². The Balaban J connectivity index is 2.07. The van der Waals surface area contributed by atoms with Gasteiger partial charge >= 0.3 is 0 Å². The summed E-state index contributed by atoms with van der Waals surface area (Å²) in [6, 6.07) is 9.17. The number of nitrogens with one attached hydrogen (secondary N) is 1. The highest BCUT2D eigenvalue weighted by atomic mass is 16.3. The van der Waals surface area contributed by atoms with Crippen molar-refractivity contribution in [2.75, 3.05) is 25.0 Å². The molecule has 2 unspecified atom stereocenters. The van der Waals surface area contributed by atoms with Gasteiger partial charge in [-0.25, -0.2) is 0 Å². The molecule has 3 nitrogen and oxygen atoms in total. The average Bonchev–Trinajstić information content (AvgIpc) is 2.41. The van der Waals surface area contributed by atoms with E-state index in [2.05, 4.69) is 41.4 Å². The number of β-amino-alcohol motifs (C(OH)–C–C–N with tert-alkyl or cyclic N) is 1. The summed E-state index contributed by atoms with van der Waals surface area (Å²) in [6.45, 7) is 4.01. The number of piperidine rings is 1. The van der Waals surface area contributed by atoms with Crippen LogP contribution in [-0.2, 0) is 0 Å². The van der Waals surface area contributed by atoms with Crippen LogP contribution in [0.2, 0.25) is 0 Å². The van der Waals surface area contributed by atoms with E-state index < -0.39 is 0 Å². The van der Waals surface area contributed by atoms with E-state index in [1.165, 1.54) is 11.3 Å². The number of benzene rings is 1. The van der Waals surface area contributed by atoms with Gasteiger partial charge < -0.3 is 15.3 Å². The van der Waals surface area contributed by atoms with E-state index in [9.17, 15) is 5.11 Å². The van der Waals surface area contributed by atoms with Gasteiger partial charge in [0.25, 0.3) is 0 Å². The largest absolute Gasteiger partial charge is 0.391 e. The normalized spacial score (nSPS) is 21.9. The lowest BCUT2D eigenvalue weighted by atomic mass is 10.0. The van der Waals surface area contributed by atoms with E-state index >= 15 is 0 Å². The lowest BCUT2D eigenvalue weighted by molar-refractivity contribution is 0.154. The van der Waals surface area contributed by atoms with E-state index in [1.54, 1.807) is 0 Å². The molecule has 0 radical (unpaired) electrons. The smallest absolute Gasteiger partial charge is 0.0715 e. The van der Waals surface area contributed by atoms with Crippen molar-refractivity contribution in [1.29, 1.82) is 0 Å². The summed E-state index contributed by atoms with van der Waals surface area (Å²) in [4.78, 5) is 2.28. The van der Waals surface area contributed by atoms with Crippen LogP contribution in [0.25, 0.3) is 0 Å². The average molecular weight is 248 g/mol. The Morgan fingerprint density at radius 2 is 2.11 bits per heavy atom. The summed E-state index contributed by atoms with van der Waals surface area (Å²) in [5, 5.41) is 13.0. The first-order chi connectivity index (χ1) is 8.74. The van der Waals surface area contributed by atoms with Gasteiger partial charge in [-0.15, -0.1) is 0 Å². The van der Waals surface area contributed by atoms with Crippen molar-refractivity contribution in [3.05, 3.63) is 29.8 Å². The highest BCUT2D eigenvalue weighted by molar-refractivity contribution is 5.48. The van der Waals surface area contributed by atoms with Gasteiger partial charge in [0.1, 0.15) is 0 Å². The maximum absolute atomic E-state index is 9.71. The van der Waals surface area contributed by atoms with E-state index in [-0.39, 0.29) is 6.10 Å². The Bertz CT molecular complexity index is 359. The fraction of sp³-hybridized carbons (Fsp3) is 0.600. The molecular weight excluding hydrogens is 224 g/mol. The summed E-state index contributed by atoms with van der Waals surface area (Å²) in [5.41, 5.74) is 2.56. The SMILES string of the molecule is CCC(NC)c1ccc(N2CCCC(O)C2)cc1. The fourth-order valence-electron chi connectivity index (χ4n) is 2.71. The van der Waals surface area contributed by atoms with Gasteiger partial charge in [-0.3, -0.25) is 0 Å². The zero-order chi connectivity index (χ0) is 13.0. The fourth-order valence-corrected chi connectivity index (χ4v) is 2.71. The Labute approximate surface area is 110 Å². The molecule has 18 heavy (non-hydrogen) atoms. The molecule has 2 N–H and O–H groups in total. The molecule has 1 aliphatic rings. The first-order valence-corrected chi connectivity index (χ1v) is 6.94. The summed E-state index contributed by atoms with van der Waals surface area (Å²) < 4.78 is 0. The Morgan fingerprint density at radius 3 is 2.67 bits per heavy atom. The van der Waals surface area contributed by atoms with Crippen LogP contribution in [0.3, 0.4) is 0 Å². The van der Waals surface area contributed by atoms with Crippen LogP contribution in [0, 0.1) is 0 Å². The molecule has 1 heterocycles. The van der Waals surface area contributed by atoms with Crippen molar-refractivity contribution in [3.8, 4) is 0 Å². The molecule has 1 saturated heterocycles. The molecule has 0 saturated carbocycles. The van der Waals surface area contributed by atoms with E-state index in [0.29, 0.717) is 6.04 Å². The zero-order valence-electron chi connectivity index (χ0n) is 11.4. The summed E-state index contributed by atoms with van der Waals surface area (Å²) in [6.07, 6.45) is 2.95. The van der Waals surface area contributed by atoms with Gasteiger partial charge in [0, 0.05) is 24.8 Å². The third kappa shape index (κ3) is 3.03. The molecule has 0 aliphatic carbocycles. The number of nitrogens with zero attached hydrogens (tertiary/aromatic N) is 1. The molecule has 2 atom stereocenters. The van der Waals surface area contributed by atoms with Crippen LogP contribution in [0.1, 0.15) is 37.8 Å². The lowest BCUT2D eigenvalue weighted by Crippen LogP contribution is -2.38. The van der Waals surface area contributed by atoms with Gasteiger partial charge in [-0.1, -0.05) is 19.1 Å². The van der Waals surface area contributed by atoms with Crippen molar-refractivity contribution in [3.63, 3.8) is 0 Å². The summed E-state index contributed by atoms with van der Waals surface area (Å²) in [7, 11) is 2.00. The molecule has 2 rings (SSSR count). The van der Waals surface area contributed by atoms with Gasteiger partial charge in [0.15, 0.2) is 0 Å². The minimum absolute atomic E-state index is 0.167. The highest BCUT2D eigenvalue weighted by Crippen LogP contribution is 2.23. The third-order valence-corrected chi connectivity index (χ3v) is 3.81. The predicted molar refractivity (Wildman–Crippen MR) is 76.0 cm³/mol. The first kappa shape index (κ1) is 13.4. The minimum atomic E-state index is -0.167. The van der Waals surface area contributed by atoms with Crippen molar-refractivity contribution >= 4 is 5.69 Å². The Kier molecular flexibility index (Phi) is 4.61. The second-order valence-electron chi connectivity index (χ2n) is 5.08. The maximum atomic E-state index is 9.71. The van der Waals surface area contributed by atoms with Gasteiger partial charge in [0.05, 0.1) is 6.10 Å². The van der Waals surface area contributed by atoms with Crippen LogP contribution >= 0.6 is 0 Å². The standard InChI is InChI=1S/C15H24N2O/c1-3-15(16-2)12-6-8-13(9-7-12)17-10-4-5-14(18)11-17/h6-9,14-16,18H,3-5,10-11H2,1-2H3. The van der Waals surface area contributed by atoms with Crippen LogP contribution in [0.5, 0.6) is 0 Å². The topological polar surface area (TPSA) is 35.5 Å². The highest BCUT2D eigenvalue weighted by Gasteiger charge is 2.18. The predicted octanol–water partition coefficient (Wildman–Crippen LogP) is 2.32. The quantitative estimate of drug-likeness (QED) is 0.858. The lowest BCUT2D eigenvalue weighted by Gasteiger charge is -2.32. The molecular formula is C15H24N2O. The van der Waals surface area contributed by atoms with Gasteiger partial charge in [-0.05, 0) is 44.0 Å². The van der Waals surface area contributed by atoms with E-state index in [4.69, 9.17) is 0 Å². The molecule has 0 spiro atoms. The Hall–Kier alpha value is -1.06. The molecule has 0 bridgehead atoms. The van der Waals surface area contributed by atoms with Crippen molar-refractivity contribution in [2.24, 2.45) is 0 Å². The van der Waals surface area contributed by atoms with Crippen molar-refractivity contribution in [2.45, 2.75) is 38.3 Å². The van der Waals surface area contributed by atoms with Crippen molar-refractivity contribution < 1.29 is 5.11 Å². The van der Waals surface area contributed by atoms with Gasteiger partial charge in [0.2, 0.25) is 0 Å². The number of rotatable bonds is 4. The second kappa shape index (κ2) is 6.21. The molecule has 100 valence electrons. The Morgan fingerprint density at radius 1 is 1.39 bits per heavy atom. The maximum Gasteiger partial charge on any atom is 0.0715 e. The van der Waals surface area contributed by atoms with Crippen LogP contribution < -0.4 is 10.2 Å². The molecule has 0 amide bonds. The first-order valence-electron chi connectivity index (χ1n) is 6.94. The number of hydrogen-bond donors (Lipinski definition) is 2. The minimum Gasteiger partial charge on any atom is -0.391 e. The molecule has 0 aromatic heterocycles. The summed E-state index contributed by atoms with van der Waals surface area (Å²) >= 11 is 0. The molecule has 1 aromatic carbocycles. The molecule has 1 aromatic rings. The third-order valence-electron chi connectivity index (χ3n) is 3.81. The zero-order valence-corrected chi connectivity index (χ0v) is 11.4. The molecule has 3 heteroatoms. The van der Waals surface area contributed by atoms with E-state index in [1.807, 2.05) is 7.05 Å². The molecule has 1 aliphatic heterocycles. The number of aliphatic hydroxyl groups is 1. The van der Waals surface area contributed by atoms with E-state index in [0.717, 1.165) is 32.4 Å². The summed E-state index contributed by atoms with van der Waals surface area (Å²) in [5.74, 6) is 0. The molecule has 1 fully saturated rings. The second-order valence-corrected chi connectivity index (χ2v) is 5.08.